The maximum Gasteiger partial charge on any atom is 0.0979 e. The highest BCUT2D eigenvalue weighted by molar-refractivity contribution is 8.01. The fourth-order valence-corrected chi connectivity index (χ4v) is 8.55. The number of rotatable bonds is 3. The second kappa shape index (κ2) is 9.93. The maximum atomic E-state index is 5.19. The normalized spacial score (nSPS) is 19.2. The van der Waals surface area contributed by atoms with E-state index in [4.69, 9.17) is 9.97 Å². The number of hydrogen-bond acceptors (Lipinski definition) is 3. The first-order chi connectivity index (χ1) is 21.3. The zero-order valence-electron chi connectivity index (χ0n) is 23.6. The van der Waals surface area contributed by atoms with Crippen LogP contribution in [0.1, 0.15) is 24.0 Å². The van der Waals surface area contributed by atoms with Crippen LogP contribution in [0.4, 0.5) is 0 Å². The van der Waals surface area contributed by atoms with E-state index in [1.54, 1.807) is 0 Å². The third-order valence-electron chi connectivity index (χ3n) is 9.18. The lowest BCUT2D eigenvalue weighted by molar-refractivity contribution is 0.804. The Morgan fingerprint density at radius 3 is 2.21 bits per heavy atom. The minimum atomic E-state index is 0.394. The van der Waals surface area contributed by atoms with Gasteiger partial charge in [0, 0.05) is 32.4 Å². The zero-order valence-corrected chi connectivity index (χ0v) is 24.4. The topological polar surface area (TPSA) is 25.8 Å². The van der Waals surface area contributed by atoms with Gasteiger partial charge in [-0.25, -0.2) is 4.98 Å². The van der Waals surface area contributed by atoms with Crippen molar-refractivity contribution >= 4 is 55.5 Å². The third-order valence-corrected chi connectivity index (χ3v) is 10.6. The largest absolute Gasteiger partial charge is 0.252 e. The number of fused-ring (bicyclic) bond motifs is 9. The van der Waals surface area contributed by atoms with Crippen molar-refractivity contribution in [3.8, 4) is 11.3 Å². The van der Waals surface area contributed by atoms with Crippen LogP contribution < -0.4 is 0 Å². The SMILES string of the molecule is C1=CC(C2=CCCC(c3ccc(-c4cnc5c6ccccc6c6ccccc6c5n4)cc3)=C2)C2Sc3ccccc3C2=C1. The van der Waals surface area contributed by atoms with Crippen molar-refractivity contribution in [2.75, 3.05) is 0 Å². The summed E-state index contributed by atoms with van der Waals surface area (Å²) >= 11 is 2.02. The number of thioether (sulfide) groups is 1. The van der Waals surface area contributed by atoms with Gasteiger partial charge in [0.15, 0.2) is 0 Å². The molecule has 1 aliphatic heterocycles. The molecular weight excluding hydrogens is 541 g/mol. The number of aromatic nitrogens is 2. The Hall–Kier alpha value is -4.73. The molecule has 0 saturated carbocycles. The molecule has 2 atom stereocenters. The molecular formula is C40H28N2S. The van der Waals surface area contributed by atoms with Gasteiger partial charge >= 0.3 is 0 Å². The molecule has 0 N–H and O–H groups in total. The Morgan fingerprint density at radius 1 is 0.698 bits per heavy atom. The first kappa shape index (κ1) is 24.8. The van der Waals surface area contributed by atoms with Gasteiger partial charge in [-0.1, -0.05) is 121 Å². The molecule has 43 heavy (non-hydrogen) atoms. The van der Waals surface area contributed by atoms with Crippen molar-refractivity contribution in [3.63, 3.8) is 0 Å². The van der Waals surface area contributed by atoms with Crippen LogP contribution in [0.15, 0.2) is 144 Å². The van der Waals surface area contributed by atoms with Crippen LogP contribution in [0.2, 0.25) is 0 Å². The molecule has 9 rings (SSSR count). The van der Waals surface area contributed by atoms with Crippen molar-refractivity contribution in [3.05, 3.63) is 150 Å². The minimum absolute atomic E-state index is 0.394. The summed E-state index contributed by atoms with van der Waals surface area (Å²) in [6, 6.07) is 34.8. The summed E-state index contributed by atoms with van der Waals surface area (Å²) in [5.41, 5.74) is 10.9. The first-order valence-electron chi connectivity index (χ1n) is 15.0. The molecule has 2 heterocycles. The van der Waals surface area contributed by atoms with Crippen molar-refractivity contribution < 1.29 is 0 Å². The van der Waals surface area contributed by atoms with E-state index in [2.05, 4.69) is 127 Å². The lowest BCUT2D eigenvalue weighted by atomic mass is 9.81. The molecule has 0 saturated heterocycles. The highest BCUT2D eigenvalue weighted by Gasteiger charge is 2.35. The van der Waals surface area contributed by atoms with Crippen LogP contribution >= 0.6 is 11.8 Å². The van der Waals surface area contributed by atoms with E-state index in [1.165, 1.54) is 43.5 Å². The molecule has 2 nitrogen and oxygen atoms in total. The maximum absolute atomic E-state index is 5.19. The van der Waals surface area contributed by atoms with Crippen molar-refractivity contribution in [1.29, 1.82) is 0 Å². The Kier molecular flexibility index (Phi) is 5.73. The van der Waals surface area contributed by atoms with E-state index in [9.17, 15) is 0 Å². The van der Waals surface area contributed by atoms with Crippen LogP contribution in [0, 0.1) is 5.92 Å². The molecule has 0 bridgehead atoms. The monoisotopic (exact) mass is 568 g/mol. The standard InChI is InChI=1S/C40H28N2S/c1-3-14-33-30(11-1)31-12-2-4-15-34(31)39-38(33)41-24-36(42-39)26-21-19-25(20-22-26)27-9-7-10-28(23-27)29-16-8-17-35-32-13-5-6-18-37(32)43-40(29)35/h1-6,8,10-24,29,40H,7,9H2. The Labute approximate surface area is 255 Å². The van der Waals surface area contributed by atoms with Gasteiger partial charge in [-0.3, -0.25) is 4.98 Å². The van der Waals surface area contributed by atoms with Gasteiger partial charge in [0.1, 0.15) is 0 Å². The van der Waals surface area contributed by atoms with E-state index in [0.717, 1.165) is 45.9 Å². The number of allylic oxidation sites excluding steroid dienone is 7. The number of nitrogens with zero attached hydrogens (tertiary/aromatic N) is 2. The second-order valence-electron chi connectivity index (χ2n) is 11.6. The van der Waals surface area contributed by atoms with Crippen LogP contribution in [0.25, 0.3) is 55.0 Å². The molecule has 204 valence electrons. The van der Waals surface area contributed by atoms with Gasteiger partial charge < -0.3 is 0 Å². The fourth-order valence-electron chi connectivity index (χ4n) is 7.08. The second-order valence-corrected chi connectivity index (χ2v) is 12.8. The van der Waals surface area contributed by atoms with Crippen LogP contribution in [0.5, 0.6) is 0 Å². The summed E-state index contributed by atoms with van der Waals surface area (Å²) in [6.07, 6.45) is 15.9. The van der Waals surface area contributed by atoms with Crippen molar-refractivity contribution in [1.82, 2.24) is 9.97 Å². The summed E-state index contributed by atoms with van der Waals surface area (Å²) < 4.78 is 0. The predicted octanol–water partition coefficient (Wildman–Crippen LogP) is 10.5. The average molecular weight is 569 g/mol. The molecule has 5 aromatic carbocycles. The smallest absolute Gasteiger partial charge is 0.0979 e. The van der Waals surface area contributed by atoms with E-state index in [-0.39, 0.29) is 0 Å². The molecule has 0 spiro atoms. The van der Waals surface area contributed by atoms with Crippen LogP contribution in [0.3, 0.4) is 0 Å². The van der Waals surface area contributed by atoms with E-state index in [0.29, 0.717) is 11.2 Å². The van der Waals surface area contributed by atoms with Crippen LogP contribution in [-0.2, 0) is 0 Å². The predicted molar refractivity (Wildman–Crippen MR) is 182 cm³/mol. The lowest BCUT2D eigenvalue weighted by Crippen LogP contribution is -2.19. The molecule has 1 aromatic heterocycles. The molecule has 3 heteroatoms. The molecule has 0 amide bonds. The average Bonchev–Trinajstić information content (AvgIpc) is 3.47. The lowest BCUT2D eigenvalue weighted by Gasteiger charge is -2.27. The molecule has 0 radical (unpaired) electrons. The van der Waals surface area contributed by atoms with Gasteiger partial charge in [0.25, 0.3) is 0 Å². The van der Waals surface area contributed by atoms with E-state index < -0.39 is 0 Å². The van der Waals surface area contributed by atoms with Gasteiger partial charge in [-0.2, -0.15) is 0 Å². The third kappa shape index (κ3) is 4.03. The Morgan fingerprint density at radius 2 is 1.40 bits per heavy atom. The molecule has 6 aromatic rings. The number of benzene rings is 5. The van der Waals surface area contributed by atoms with Crippen LogP contribution in [-0.4, -0.2) is 15.2 Å². The molecule has 0 fully saturated rings. The van der Waals surface area contributed by atoms with E-state index >= 15 is 0 Å². The first-order valence-corrected chi connectivity index (χ1v) is 15.9. The van der Waals surface area contributed by atoms with Gasteiger partial charge in [-0.05, 0) is 57.5 Å². The summed E-state index contributed by atoms with van der Waals surface area (Å²) in [5.74, 6) is 0.394. The fraction of sp³-hybridized carbons (Fsp3) is 0.100. The zero-order chi connectivity index (χ0) is 28.3. The summed E-state index contributed by atoms with van der Waals surface area (Å²) in [6.45, 7) is 0. The van der Waals surface area contributed by atoms with Crippen molar-refractivity contribution in [2.45, 2.75) is 23.0 Å². The molecule has 2 aliphatic carbocycles. The Bertz CT molecular complexity index is 2180. The van der Waals surface area contributed by atoms with Gasteiger partial charge in [-0.15, -0.1) is 11.8 Å². The van der Waals surface area contributed by atoms with E-state index in [1.807, 2.05) is 18.0 Å². The van der Waals surface area contributed by atoms with Crippen molar-refractivity contribution in [2.24, 2.45) is 5.92 Å². The summed E-state index contributed by atoms with van der Waals surface area (Å²) in [4.78, 5) is 11.5. The summed E-state index contributed by atoms with van der Waals surface area (Å²) in [5, 5.41) is 5.18. The Balaban J connectivity index is 1.04. The molecule has 3 aliphatic rings. The molecule has 2 unspecified atom stereocenters. The van der Waals surface area contributed by atoms with Gasteiger partial charge in [0.05, 0.1) is 22.9 Å². The summed E-state index contributed by atoms with van der Waals surface area (Å²) in [7, 11) is 0. The van der Waals surface area contributed by atoms with Gasteiger partial charge in [0.2, 0.25) is 0 Å². The minimum Gasteiger partial charge on any atom is -0.252 e. The highest BCUT2D eigenvalue weighted by atomic mass is 32.2. The highest BCUT2D eigenvalue weighted by Crippen LogP contribution is 2.52. The quantitative estimate of drug-likeness (QED) is 0.199. The number of hydrogen-bond donors (Lipinski definition) is 0.